The van der Waals surface area contributed by atoms with Gasteiger partial charge in [-0.2, -0.15) is 0 Å². The molecule has 9 heteroatoms. The minimum Gasteiger partial charge on any atom is -0.352 e. The number of sulfonamides is 1. The second kappa shape index (κ2) is 12.9. The Morgan fingerprint density at radius 3 is 2.13 bits per heavy atom. The molecule has 0 saturated carbocycles. The van der Waals surface area contributed by atoms with Gasteiger partial charge >= 0.3 is 0 Å². The molecule has 0 spiro atoms. The normalized spacial score (nSPS) is 12.9. The highest BCUT2D eigenvalue weighted by atomic mass is 35.5. The molecule has 3 rings (SSSR count). The van der Waals surface area contributed by atoms with Gasteiger partial charge in [-0.25, -0.2) is 8.42 Å². The summed E-state index contributed by atoms with van der Waals surface area (Å²) in [5, 5.41) is 3.11. The summed E-state index contributed by atoms with van der Waals surface area (Å²) in [7, 11) is -4.16. The van der Waals surface area contributed by atoms with Gasteiger partial charge < -0.3 is 10.2 Å². The van der Waals surface area contributed by atoms with Crippen LogP contribution in [0.1, 0.15) is 38.3 Å². The van der Waals surface area contributed by atoms with Gasteiger partial charge in [-0.3, -0.25) is 13.9 Å². The van der Waals surface area contributed by atoms with Gasteiger partial charge in [0.1, 0.15) is 12.6 Å². The maximum absolute atomic E-state index is 13.9. The van der Waals surface area contributed by atoms with E-state index in [-0.39, 0.29) is 34.1 Å². The third-order valence-corrected chi connectivity index (χ3v) is 8.47. The largest absolute Gasteiger partial charge is 0.352 e. The van der Waals surface area contributed by atoms with Crippen LogP contribution in [-0.2, 0) is 26.2 Å². The molecule has 0 saturated heterocycles. The first-order valence-electron chi connectivity index (χ1n) is 12.5. The molecular weight excluding hydrogens is 522 g/mol. The quantitative estimate of drug-likeness (QED) is 0.353. The monoisotopic (exact) mass is 555 g/mol. The number of nitrogens with zero attached hydrogens (tertiary/aromatic N) is 2. The first-order valence-corrected chi connectivity index (χ1v) is 14.3. The van der Waals surface area contributed by atoms with E-state index in [1.165, 1.54) is 17.0 Å². The van der Waals surface area contributed by atoms with E-state index in [1.54, 1.807) is 43.3 Å². The second-order valence-electron chi connectivity index (χ2n) is 9.28. The highest BCUT2D eigenvalue weighted by Gasteiger charge is 2.33. The molecule has 0 fully saturated rings. The average Bonchev–Trinajstić information content (AvgIpc) is 2.91. The number of hydrogen-bond donors (Lipinski definition) is 1. The van der Waals surface area contributed by atoms with Crippen molar-refractivity contribution in [3.8, 4) is 0 Å². The second-order valence-corrected chi connectivity index (χ2v) is 11.5. The molecule has 0 aliphatic heterocycles. The molecule has 1 N–H and O–H groups in total. The van der Waals surface area contributed by atoms with Crippen LogP contribution in [0.15, 0.2) is 83.8 Å². The lowest BCUT2D eigenvalue weighted by Gasteiger charge is -2.32. The first kappa shape index (κ1) is 29.2. The summed E-state index contributed by atoms with van der Waals surface area (Å²) in [6.07, 6.45) is 0.736. The van der Waals surface area contributed by atoms with Crippen molar-refractivity contribution in [2.24, 2.45) is 0 Å². The van der Waals surface area contributed by atoms with Crippen molar-refractivity contribution in [2.45, 2.75) is 57.6 Å². The van der Waals surface area contributed by atoms with Gasteiger partial charge in [0.15, 0.2) is 0 Å². The van der Waals surface area contributed by atoms with Crippen LogP contribution in [0.3, 0.4) is 0 Å². The molecule has 3 aromatic rings. The van der Waals surface area contributed by atoms with Gasteiger partial charge in [0.25, 0.3) is 10.0 Å². The van der Waals surface area contributed by atoms with Gasteiger partial charge in [-0.05, 0) is 57.0 Å². The number of carbonyl (C=O) groups excluding carboxylic acids is 2. The number of amides is 2. The van der Waals surface area contributed by atoms with E-state index in [1.807, 2.05) is 51.1 Å². The van der Waals surface area contributed by atoms with Gasteiger partial charge in [0, 0.05) is 12.6 Å². The van der Waals surface area contributed by atoms with E-state index < -0.39 is 28.5 Å². The van der Waals surface area contributed by atoms with Crippen molar-refractivity contribution in [3.63, 3.8) is 0 Å². The van der Waals surface area contributed by atoms with Gasteiger partial charge in [0.05, 0.1) is 15.6 Å². The van der Waals surface area contributed by atoms with E-state index in [0.717, 1.165) is 21.9 Å². The Hall–Kier alpha value is -3.36. The van der Waals surface area contributed by atoms with Gasteiger partial charge in [0.2, 0.25) is 11.8 Å². The number of nitrogens with one attached hydrogen (secondary N) is 1. The van der Waals surface area contributed by atoms with Crippen LogP contribution in [0.2, 0.25) is 5.02 Å². The lowest BCUT2D eigenvalue weighted by atomic mass is 10.1. The number of para-hydroxylation sites is 1. The predicted octanol–water partition coefficient (Wildman–Crippen LogP) is 5.18. The summed E-state index contributed by atoms with van der Waals surface area (Å²) in [6.45, 7) is 6.95. The molecule has 2 amide bonds. The molecule has 0 heterocycles. The summed E-state index contributed by atoms with van der Waals surface area (Å²) in [5.41, 5.74) is 1.90. The number of anilines is 1. The first-order chi connectivity index (χ1) is 18.0. The Morgan fingerprint density at radius 1 is 0.921 bits per heavy atom. The number of carbonyl (C=O) groups is 2. The molecule has 0 radical (unpaired) electrons. The number of aryl methyl sites for hydroxylation is 1. The van der Waals surface area contributed by atoms with E-state index in [0.29, 0.717) is 0 Å². The maximum Gasteiger partial charge on any atom is 0.264 e. The van der Waals surface area contributed by atoms with Crippen molar-refractivity contribution >= 4 is 39.1 Å². The molecule has 0 aromatic heterocycles. The zero-order valence-corrected chi connectivity index (χ0v) is 23.7. The fourth-order valence-electron chi connectivity index (χ4n) is 3.83. The van der Waals surface area contributed by atoms with Crippen molar-refractivity contribution in [2.75, 3.05) is 10.8 Å². The molecule has 202 valence electrons. The maximum atomic E-state index is 13.9. The number of halogens is 1. The lowest BCUT2D eigenvalue weighted by molar-refractivity contribution is -0.139. The highest BCUT2D eigenvalue weighted by molar-refractivity contribution is 7.92. The molecule has 2 atom stereocenters. The minimum absolute atomic E-state index is 0.0352. The fraction of sp³-hybridized carbons (Fsp3) is 0.310. The highest BCUT2D eigenvalue weighted by Crippen LogP contribution is 2.30. The zero-order valence-electron chi connectivity index (χ0n) is 22.1. The predicted molar refractivity (Wildman–Crippen MR) is 152 cm³/mol. The van der Waals surface area contributed by atoms with E-state index >= 15 is 0 Å². The SMILES string of the molecule is CC[C@@H](C)NC(=O)[C@@H](C)N(Cc1ccccc1)C(=O)CN(c1ccccc1Cl)S(=O)(=O)c1ccc(C)cc1. The molecule has 38 heavy (non-hydrogen) atoms. The number of rotatable bonds is 11. The fourth-order valence-corrected chi connectivity index (χ4v) is 5.55. The molecule has 7 nitrogen and oxygen atoms in total. The van der Waals surface area contributed by atoms with Crippen LogP contribution in [0, 0.1) is 6.92 Å². The molecule has 0 aliphatic carbocycles. The average molecular weight is 556 g/mol. The zero-order chi connectivity index (χ0) is 27.9. The Morgan fingerprint density at radius 2 is 1.53 bits per heavy atom. The van der Waals surface area contributed by atoms with Crippen LogP contribution >= 0.6 is 11.6 Å². The topological polar surface area (TPSA) is 86.8 Å². The summed E-state index contributed by atoms with van der Waals surface area (Å²) in [6, 6.07) is 21.2. The molecule has 0 bridgehead atoms. The summed E-state index contributed by atoms with van der Waals surface area (Å²) in [5.74, 6) is -0.842. The lowest BCUT2D eigenvalue weighted by Crippen LogP contribution is -2.52. The van der Waals surface area contributed by atoms with Crippen LogP contribution in [-0.4, -0.2) is 43.8 Å². The van der Waals surface area contributed by atoms with Crippen LogP contribution < -0.4 is 9.62 Å². The summed E-state index contributed by atoms with van der Waals surface area (Å²) < 4.78 is 28.6. The van der Waals surface area contributed by atoms with Crippen LogP contribution in [0.25, 0.3) is 0 Å². The Labute approximate surface area is 230 Å². The standard InChI is InChI=1S/C29H34ClN3O4S/c1-5-22(3)31-29(35)23(4)32(19-24-11-7-6-8-12-24)28(34)20-33(27-14-10-9-13-26(27)30)38(36,37)25-17-15-21(2)16-18-25/h6-18,22-23H,5,19-20H2,1-4H3,(H,31,35)/t22-,23-/m1/s1. The number of hydrogen-bond acceptors (Lipinski definition) is 4. The summed E-state index contributed by atoms with van der Waals surface area (Å²) in [4.78, 5) is 28.4. The Bertz CT molecular complexity index is 1350. The Kier molecular flexibility index (Phi) is 9.94. The minimum atomic E-state index is -4.16. The summed E-state index contributed by atoms with van der Waals surface area (Å²) >= 11 is 6.42. The number of benzene rings is 3. The molecular formula is C29H34ClN3O4S. The molecule has 0 aliphatic rings. The van der Waals surface area contributed by atoms with E-state index in [2.05, 4.69) is 5.32 Å². The molecule has 3 aromatic carbocycles. The van der Waals surface area contributed by atoms with Crippen LogP contribution in [0.5, 0.6) is 0 Å². The van der Waals surface area contributed by atoms with E-state index in [9.17, 15) is 18.0 Å². The Balaban J connectivity index is 2.02. The molecule has 0 unspecified atom stereocenters. The van der Waals surface area contributed by atoms with Crippen molar-refractivity contribution in [1.82, 2.24) is 10.2 Å². The smallest absolute Gasteiger partial charge is 0.264 e. The van der Waals surface area contributed by atoms with Gasteiger partial charge in [-0.1, -0.05) is 78.7 Å². The van der Waals surface area contributed by atoms with Crippen LogP contribution in [0.4, 0.5) is 5.69 Å². The van der Waals surface area contributed by atoms with Crippen molar-refractivity contribution < 1.29 is 18.0 Å². The van der Waals surface area contributed by atoms with Gasteiger partial charge in [-0.15, -0.1) is 0 Å². The third kappa shape index (κ3) is 7.14. The van der Waals surface area contributed by atoms with Crippen molar-refractivity contribution in [3.05, 3.63) is 95.0 Å². The van der Waals surface area contributed by atoms with Crippen molar-refractivity contribution in [1.29, 1.82) is 0 Å². The van der Waals surface area contributed by atoms with E-state index in [4.69, 9.17) is 11.6 Å². The third-order valence-electron chi connectivity index (χ3n) is 6.37.